The molecule has 0 aliphatic heterocycles. The molecule has 112 valence electrons. The summed E-state index contributed by atoms with van der Waals surface area (Å²) in [7, 11) is 0. The van der Waals surface area contributed by atoms with E-state index in [-0.39, 0.29) is 17.1 Å². The van der Waals surface area contributed by atoms with Gasteiger partial charge in [-0.05, 0) is 30.3 Å². The van der Waals surface area contributed by atoms with Gasteiger partial charge in [0.15, 0.2) is 0 Å². The fourth-order valence-electron chi connectivity index (χ4n) is 1.74. The smallest absolute Gasteiger partial charge is 0.352 e. The van der Waals surface area contributed by atoms with Crippen molar-refractivity contribution in [2.45, 2.75) is 0 Å². The van der Waals surface area contributed by atoms with E-state index < -0.39 is 17.6 Å². The van der Waals surface area contributed by atoms with E-state index in [0.717, 1.165) is 12.1 Å². The molecule has 0 aliphatic carbocycles. The van der Waals surface area contributed by atoms with Gasteiger partial charge in [-0.25, -0.2) is 4.79 Å². The number of carboxylic acid groups (broad SMARTS) is 1. The number of phenols is 2. The summed E-state index contributed by atoms with van der Waals surface area (Å²) in [5.74, 6) is -2.38. The van der Waals surface area contributed by atoms with Crippen LogP contribution in [0.15, 0.2) is 54.2 Å². The maximum absolute atomic E-state index is 12.0. The van der Waals surface area contributed by atoms with E-state index in [4.69, 9.17) is 5.11 Å². The Morgan fingerprint density at radius 1 is 1.00 bits per heavy atom. The molecule has 0 radical (unpaired) electrons. The normalized spacial score (nSPS) is 11.0. The molecule has 0 spiro atoms. The summed E-state index contributed by atoms with van der Waals surface area (Å²) in [4.78, 5) is 23.2. The fraction of sp³-hybridized carbons (Fsp3) is 0. The molecule has 0 unspecified atom stereocenters. The quantitative estimate of drug-likeness (QED) is 0.646. The molecule has 2 aromatic carbocycles. The first-order valence-electron chi connectivity index (χ1n) is 6.31. The third-order valence-corrected chi connectivity index (χ3v) is 2.83. The summed E-state index contributed by atoms with van der Waals surface area (Å²) in [6, 6.07) is 11.9. The van der Waals surface area contributed by atoms with Gasteiger partial charge >= 0.3 is 5.97 Å². The van der Waals surface area contributed by atoms with Crippen LogP contribution in [0.5, 0.6) is 11.5 Å². The highest BCUT2D eigenvalue weighted by atomic mass is 16.4. The zero-order valence-corrected chi connectivity index (χ0v) is 11.4. The Morgan fingerprint density at radius 3 is 2.27 bits per heavy atom. The first-order valence-corrected chi connectivity index (χ1v) is 6.31. The first kappa shape index (κ1) is 15.1. The molecule has 4 N–H and O–H groups in total. The van der Waals surface area contributed by atoms with Crippen LogP contribution in [0.4, 0.5) is 0 Å². The number of phenolic OH excluding ortho intramolecular Hbond substituents is 2. The number of hydrogen-bond acceptors (Lipinski definition) is 4. The molecule has 0 bridgehead atoms. The maximum Gasteiger partial charge on any atom is 0.352 e. The van der Waals surface area contributed by atoms with Crippen molar-refractivity contribution in [3.63, 3.8) is 0 Å². The summed E-state index contributed by atoms with van der Waals surface area (Å²) in [6.45, 7) is 0. The SMILES string of the molecule is O=C(O)/C(=C\c1ccc(O)cc1O)NC(=O)c1ccccc1. The van der Waals surface area contributed by atoms with Gasteiger partial charge in [-0.3, -0.25) is 4.79 Å². The molecule has 2 aromatic rings. The number of hydrogen-bond donors (Lipinski definition) is 4. The predicted octanol–water partition coefficient (Wildman–Crippen LogP) is 1.95. The van der Waals surface area contributed by atoms with Crippen molar-refractivity contribution >= 4 is 18.0 Å². The maximum atomic E-state index is 12.0. The fourth-order valence-corrected chi connectivity index (χ4v) is 1.74. The Hall–Kier alpha value is -3.28. The van der Waals surface area contributed by atoms with E-state index in [1.54, 1.807) is 30.3 Å². The van der Waals surface area contributed by atoms with E-state index >= 15 is 0 Å². The highest BCUT2D eigenvalue weighted by Crippen LogP contribution is 2.24. The van der Waals surface area contributed by atoms with Gasteiger partial charge in [0.2, 0.25) is 0 Å². The zero-order chi connectivity index (χ0) is 16.1. The van der Waals surface area contributed by atoms with Crippen molar-refractivity contribution in [2.75, 3.05) is 0 Å². The minimum Gasteiger partial charge on any atom is -0.508 e. The van der Waals surface area contributed by atoms with E-state index in [1.165, 1.54) is 12.1 Å². The largest absolute Gasteiger partial charge is 0.508 e. The Labute approximate surface area is 126 Å². The Morgan fingerprint density at radius 2 is 1.68 bits per heavy atom. The minimum atomic E-state index is -1.35. The molecular formula is C16H13NO5. The summed E-state index contributed by atoms with van der Waals surface area (Å²) in [5.41, 5.74) is 0.0722. The van der Waals surface area contributed by atoms with Gasteiger partial charge in [0, 0.05) is 17.2 Å². The van der Waals surface area contributed by atoms with E-state index in [0.29, 0.717) is 5.56 Å². The van der Waals surface area contributed by atoms with Gasteiger partial charge in [-0.2, -0.15) is 0 Å². The van der Waals surface area contributed by atoms with E-state index in [2.05, 4.69) is 5.32 Å². The van der Waals surface area contributed by atoms with Crippen LogP contribution in [0.3, 0.4) is 0 Å². The Bertz CT molecular complexity index is 737. The second-order valence-corrected chi connectivity index (χ2v) is 4.43. The third-order valence-electron chi connectivity index (χ3n) is 2.83. The van der Waals surface area contributed by atoms with Crippen molar-refractivity contribution in [1.82, 2.24) is 5.32 Å². The average molecular weight is 299 g/mol. The number of benzene rings is 2. The monoisotopic (exact) mass is 299 g/mol. The standard InChI is InChI=1S/C16H13NO5/c18-12-7-6-11(14(19)9-12)8-13(16(21)22)17-15(20)10-4-2-1-3-5-10/h1-9,18-19H,(H,17,20)(H,21,22)/b13-8+. The topological polar surface area (TPSA) is 107 Å². The highest BCUT2D eigenvalue weighted by molar-refractivity contribution is 6.02. The molecule has 0 aliphatic rings. The van der Waals surface area contributed by atoms with Crippen LogP contribution in [0.25, 0.3) is 6.08 Å². The van der Waals surface area contributed by atoms with Crippen LogP contribution >= 0.6 is 0 Å². The average Bonchev–Trinajstić information content (AvgIpc) is 2.49. The molecule has 22 heavy (non-hydrogen) atoms. The second kappa shape index (κ2) is 6.45. The van der Waals surface area contributed by atoms with Crippen LogP contribution < -0.4 is 5.32 Å². The van der Waals surface area contributed by atoms with Gasteiger partial charge in [0.1, 0.15) is 17.2 Å². The molecule has 0 heterocycles. The van der Waals surface area contributed by atoms with Crippen molar-refractivity contribution in [1.29, 1.82) is 0 Å². The molecule has 0 fully saturated rings. The molecule has 0 saturated heterocycles. The molecule has 2 rings (SSSR count). The summed E-state index contributed by atoms with van der Waals surface area (Å²) < 4.78 is 0. The van der Waals surface area contributed by atoms with Gasteiger partial charge in [-0.1, -0.05) is 18.2 Å². The van der Waals surface area contributed by atoms with Gasteiger partial charge in [0.05, 0.1) is 0 Å². The van der Waals surface area contributed by atoms with E-state index in [1.807, 2.05) is 0 Å². The van der Waals surface area contributed by atoms with Crippen LogP contribution in [-0.2, 0) is 4.79 Å². The minimum absolute atomic E-state index is 0.153. The lowest BCUT2D eigenvalue weighted by atomic mass is 10.1. The van der Waals surface area contributed by atoms with Crippen LogP contribution in [-0.4, -0.2) is 27.2 Å². The number of carbonyl (C=O) groups excluding carboxylic acids is 1. The third kappa shape index (κ3) is 3.63. The molecule has 1 amide bonds. The first-order chi connectivity index (χ1) is 10.5. The highest BCUT2D eigenvalue weighted by Gasteiger charge is 2.14. The molecular weight excluding hydrogens is 286 g/mol. The van der Waals surface area contributed by atoms with Gasteiger partial charge in [-0.15, -0.1) is 0 Å². The number of nitrogens with one attached hydrogen (secondary N) is 1. The lowest BCUT2D eigenvalue weighted by molar-refractivity contribution is -0.132. The molecule has 6 nitrogen and oxygen atoms in total. The van der Waals surface area contributed by atoms with Crippen LogP contribution in [0, 0.1) is 0 Å². The zero-order valence-electron chi connectivity index (χ0n) is 11.4. The predicted molar refractivity (Wildman–Crippen MR) is 79.3 cm³/mol. The summed E-state index contributed by atoms with van der Waals surface area (Å²) >= 11 is 0. The number of carbonyl (C=O) groups is 2. The lowest BCUT2D eigenvalue weighted by Crippen LogP contribution is -2.27. The number of amides is 1. The Kier molecular flexibility index (Phi) is 4.43. The number of aliphatic carboxylic acids is 1. The van der Waals surface area contributed by atoms with Gasteiger partial charge < -0.3 is 20.6 Å². The van der Waals surface area contributed by atoms with Gasteiger partial charge in [0.25, 0.3) is 5.91 Å². The number of rotatable bonds is 4. The van der Waals surface area contributed by atoms with Crippen molar-refractivity contribution in [3.8, 4) is 11.5 Å². The number of carboxylic acids is 1. The lowest BCUT2D eigenvalue weighted by Gasteiger charge is -2.07. The van der Waals surface area contributed by atoms with Crippen LogP contribution in [0.1, 0.15) is 15.9 Å². The van der Waals surface area contributed by atoms with Crippen LogP contribution in [0.2, 0.25) is 0 Å². The molecule has 6 heteroatoms. The van der Waals surface area contributed by atoms with Crippen molar-refractivity contribution in [2.24, 2.45) is 0 Å². The van der Waals surface area contributed by atoms with Crippen molar-refractivity contribution in [3.05, 3.63) is 65.4 Å². The molecule has 0 atom stereocenters. The summed E-state index contributed by atoms with van der Waals surface area (Å²) in [6.07, 6.45) is 1.11. The summed E-state index contributed by atoms with van der Waals surface area (Å²) in [5, 5.41) is 30.3. The number of aromatic hydroxyl groups is 2. The molecule has 0 saturated carbocycles. The van der Waals surface area contributed by atoms with E-state index in [9.17, 15) is 19.8 Å². The second-order valence-electron chi connectivity index (χ2n) is 4.43. The van der Waals surface area contributed by atoms with Crippen molar-refractivity contribution < 1.29 is 24.9 Å². The Balaban J connectivity index is 2.29. The molecule has 0 aromatic heterocycles.